The highest BCUT2D eigenvalue weighted by molar-refractivity contribution is 7.89. The molecule has 2 amide bonds. The van der Waals surface area contributed by atoms with Crippen LogP contribution in [0.3, 0.4) is 0 Å². The lowest BCUT2D eigenvalue weighted by molar-refractivity contribution is -0.118. The van der Waals surface area contributed by atoms with Crippen LogP contribution in [-0.4, -0.2) is 37.6 Å². The standard InChI is InChI=1S/C26H28FN3O4S/c1-3-19-10-5-7-14-23(19)28-25(31)17-30(35(33,34)22-13-9-12-21(27)16-22)18-26(32)29-24-15-8-6-11-20(24)4-2/h5-16H,3-4,17-18H2,1-2H3,(H,28,31)(H,29,32). The first-order valence-corrected chi connectivity index (χ1v) is 12.7. The van der Waals surface area contributed by atoms with Gasteiger partial charge in [0, 0.05) is 11.4 Å². The SMILES string of the molecule is CCc1ccccc1NC(=O)CN(CC(=O)Nc1ccccc1CC)S(=O)(=O)c1cccc(F)c1. The van der Waals surface area contributed by atoms with Crippen LogP contribution < -0.4 is 10.6 Å². The van der Waals surface area contributed by atoms with E-state index in [2.05, 4.69) is 10.6 Å². The Morgan fingerprint density at radius 2 is 1.26 bits per heavy atom. The van der Waals surface area contributed by atoms with Crippen LogP contribution in [0.2, 0.25) is 0 Å². The highest BCUT2D eigenvalue weighted by Crippen LogP contribution is 2.20. The molecule has 3 rings (SSSR count). The molecule has 184 valence electrons. The van der Waals surface area contributed by atoms with Gasteiger partial charge in [-0.25, -0.2) is 12.8 Å². The second kappa shape index (κ2) is 11.7. The lowest BCUT2D eigenvalue weighted by Gasteiger charge is -2.22. The molecule has 0 fully saturated rings. The van der Waals surface area contributed by atoms with Crippen molar-refractivity contribution in [2.24, 2.45) is 0 Å². The molecule has 0 aliphatic heterocycles. The van der Waals surface area contributed by atoms with Crippen molar-refractivity contribution in [3.8, 4) is 0 Å². The third-order valence-electron chi connectivity index (χ3n) is 5.42. The van der Waals surface area contributed by atoms with Crippen molar-refractivity contribution >= 4 is 33.2 Å². The van der Waals surface area contributed by atoms with Gasteiger partial charge in [-0.3, -0.25) is 9.59 Å². The van der Waals surface area contributed by atoms with Crippen LogP contribution >= 0.6 is 0 Å². The second-order valence-electron chi connectivity index (χ2n) is 7.85. The molecule has 0 spiro atoms. The van der Waals surface area contributed by atoms with Gasteiger partial charge < -0.3 is 10.6 Å². The van der Waals surface area contributed by atoms with Gasteiger partial charge in [-0.2, -0.15) is 4.31 Å². The Balaban J connectivity index is 1.86. The van der Waals surface area contributed by atoms with Crippen LogP contribution in [0.15, 0.2) is 77.7 Å². The molecule has 35 heavy (non-hydrogen) atoms. The maximum Gasteiger partial charge on any atom is 0.244 e. The number of carbonyl (C=O) groups excluding carboxylic acids is 2. The fourth-order valence-corrected chi connectivity index (χ4v) is 4.99. The number of amides is 2. The number of benzene rings is 3. The number of anilines is 2. The topological polar surface area (TPSA) is 95.6 Å². The van der Waals surface area contributed by atoms with E-state index in [0.717, 1.165) is 27.6 Å². The molecule has 0 aliphatic carbocycles. The summed E-state index contributed by atoms with van der Waals surface area (Å²) < 4.78 is 41.1. The van der Waals surface area contributed by atoms with Crippen LogP contribution in [0.25, 0.3) is 0 Å². The van der Waals surface area contributed by atoms with Crippen LogP contribution in [0.4, 0.5) is 15.8 Å². The number of carbonyl (C=O) groups is 2. The summed E-state index contributed by atoms with van der Waals surface area (Å²) in [7, 11) is -4.36. The fourth-order valence-electron chi connectivity index (χ4n) is 3.60. The Kier molecular flexibility index (Phi) is 8.73. The number of hydrogen-bond acceptors (Lipinski definition) is 4. The van der Waals surface area contributed by atoms with E-state index in [1.54, 1.807) is 24.3 Å². The lowest BCUT2D eigenvalue weighted by atomic mass is 10.1. The van der Waals surface area contributed by atoms with E-state index in [4.69, 9.17) is 0 Å². The average Bonchev–Trinajstić information content (AvgIpc) is 2.84. The number of para-hydroxylation sites is 2. The van der Waals surface area contributed by atoms with Gasteiger partial charge >= 0.3 is 0 Å². The zero-order valence-electron chi connectivity index (χ0n) is 19.6. The smallest absolute Gasteiger partial charge is 0.244 e. The van der Waals surface area contributed by atoms with Crippen molar-refractivity contribution in [1.82, 2.24) is 4.31 Å². The van der Waals surface area contributed by atoms with Crippen molar-refractivity contribution in [2.75, 3.05) is 23.7 Å². The Labute approximate surface area is 205 Å². The van der Waals surface area contributed by atoms with Crippen molar-refractivity contribution in [3.63, 3.8) is 0 Å². The van der Waals surface area contributed by atoms with Crippen LogP contribution in [0.5, 0.6) is 0 Å². The molecule has 0 atom stereocenters. The van der Waals surface area contributed by atoms with E-state index in [1.165, 1.54) is 12.1 Å². The predicted octanol–water partition coefficient (Wildman–Crippen LogP) is 4.22. The van der Waals surface area contributed by atoms with E-state index < -0.39 is 40.7 Å². The van der Waals surface area contributed by atoms with Gasteiger partial charge in [0.1, 0.15) is 5.82 Å². The number of nitrogens with one attached hydrogen (secondary N) is 2. The first-order chi connectivity index (χ1) is 16.7. The normalized spacial score (nSPS) is 11.3. The minimum Gasteiger partial charge on any atom is -0.325 e. The number of sulfonamides is 1. The number of aryl methyl sites for hydroxylation is 2. The molecule has 0 bridgehead atoms. The van der Waals surface area contributed by atoms with Crippen molar-refractivity contribution in [2.45, 2.75) is 31.6 Å². The van der Waals surface area contributed by atoms with Gasteiger partial charge in [-0.05, 0) is 54.3 Å². The Morgan fingerprint density at radius 1 is 0.771 bits per heavy atom. The molecule has 3 aromatic carbocycles. The molecular weight excluding hydrogens is 469 g/mol. The minimum atomic E-state index is -4.36. The number of nitrogens with zero attached hydrogens (tertiary/aromatic N) is 1. The largest absolute Gasteiger partial charge is 0.325 e. The molecule has 0 aromatic heterocycles. The Morgan fingerprint density at radius 3 is 1.71 bits per heavy atom. The highest BCUT2D eigenvalue weighted by Gasteiger charge is 2.29. The predicted molar refractivity (Wildman–Crippen MR) is 134 cm³/mol. The van der Waals surface area contributed by atoms with E-state index in [1.807, 2.05) is 38.1 Å². The molecule has 9 heteroatoms. The minimum absolute atomic E-state index is 0.346. The van der Waals surface area contributed by atoms with Crippen LogP contribution in [0, 0.1) is 5.82 Å². The summed E-state index contributed by atoms with van der Waals surface area (Å²) in [5, 5.41) is 5.43. The van der Waals surface area contributed by atoms with E-state index in [9.17, 15) is 22.4 Å². The van der Waals surface area contributed by atoms with E-state index in [-0.39, 0.29) is 4.90 Å². The molecule has 0 radical (unpaired) electrons. The molecule has 0 aliphatic rings. The van der Waals surface area contributed by atoms with Gasteiger partial charge in [-0.15, -0.1) is 0 Å². The third kappa shape index (κ3) is 6.74. The lowest BCUT2D eigenvalue weighted by Crippen LogP contribution is -2.42. The summed E-state index contributed by atoms with van der Waals surface area (Å²) in [6.45, 7) is 2.62. The Hall–Kier alpha value is -3.56. The van der Waals surface area contributed by atoms with Crippen LogP contribution in [0.1, 0.15) is 25.0 Å². The average molecular weight is 498 g/mol. The molecule has 2 N–H and O–H groups in total. The molecule has 3 aromatic rings. The quantitative estimate of drug-likeness (QED) is 0.439. The number of rotatable bonds is 10. The van der Waals surface area contributed by atoms with Crippen molar-refractivity contribution in [1.29, 1.82) is 0 Å². The van der Waals surface area contributed by atoms with Crippen molar-refractivity contribution in [3.05, 3.63) is 89.7 Å². The van der Waals surface area contributed by atoms with Gasteiger partial charge in [0.25, 0.3) is 0 Å². The molecule has 0 unspecified atom stereocenters. The molecule has 0 heterocycles. The Bertz CT molecular complexity index is 1250. The summed E-state index contributed by atoms with van der Waals surface area (Å²) in [5.74, 6) is -1.98. The number of halogens is 1. The summed E-state index contributed by atoms with van der Waals surface area (Å²) in [5.41, 5.74) is 2.89. The van der Waals surface area contributed by atoms with Gasteiger partial charge in [0.2, 0.25) is 21.8 Å². The summed E-state index contributed by atoms with van der Waals surface area (Å²) in [4.78, 5) is 25.4. The third-order valence-corrected chi connectivity index (χ3v) is 7.21. The zero-order chi connectivity index (χ0) is 25.4. The first-order valence-electron chi connectivity index (χ1n) is 11.3. The van der Waals surface area contributed by atoms with Crippen molar-refractivity contribution < 1.29 is 22.4 Å². The maximum absolute atomic E-state index is 13.8. The van der Waals surface area contributed by atoms with Crippen LogP contribution in [-0.2, 0) is 32.5 Å². The number of hydrogen-bond donors (Lipinski definition) is 2. The first kappa shape index (κ1) is 26.1. The van der Waals surface area contributed by atoms with Gasteiger partial charge in [0.05, 0.1) is 18.0 Å². The zero-order valence-corrected chi connectivity index (χ0v) is 20.4. The molecule has 0 saturated heterocycles. The second-order valence-corrected chi connectivity index (χ2v) is 9.79. The van der Waals surface area contributed by atoms with Gasteiger partial charge in [0.15, 0.2) is 0 Å². The monoisotopic (exact) mass is 497 g/mol. The van der Waals surface area contributed by atoms with E-state index in [0.29, 0.717) is 24.2 Å². The molecule has 0 saturated carbocycles. The maximum atomic E-state index is 13.8. The molecular formula is C26H28FN3O4S. The fraction of sp³-hybridized carbons (Fsp3) is 0.231. The van der Waals surface area contributed by atoms with E-state index >= 15 is 0 Å². The van der Waals surface area contributed by atoms with Gasteiger partial charge in [-0.1, -0.05) is 56.3 Å². The summed E-state index contributed by atoms with van der Waals surface area (Å²) in [6.07, 6.45) is 1.34. The summed E-state index contributed by atoms with van der Waals surface area (Å²) in [6, 6.07) is 18.8. The molecule has 7 nitrogen and oxygen atoms in total. The summed E-state index contributed by atoms with van der Waals surface area (Å²) >= 11 is 0. The highest BCUT2D eigenvalue weighted by atomic mass is 32.2.